The minimum atomic E-state index is -0.476. The third-order valence-electron chi connectivity index (χ3n) is 3.83. The van der Waals surface area contributed by atoms with Gasteiger partial charge in [-0.1, -0.05) is 24.3 Å². The number of rotatable bonds is 4. The highest BCUT2D eigenvalue weighted by Crippen LogP contribution is 2.16. The fraction of sp³-hybridized carbons (Fsp3) is 0.579. The minimum absolute atomic E-state index is 0.308. The molecule has 0 saturated carbocycles. The van der Waals surface area contributed by atoms with Crippen LogP contribution in [-0.4, -0.2) is 53.5 Å². The van der Waals surface area contributed by atoms with Crippen LogP contribution in [0.15, 0.2) is 29.3 Å². The molecular formula is C19H29N3O2. The molecule has 0 atom stereocenters. The molecule has 1 heterocycles. The van der Waals surface area contributed by atoms with Gasteiger partial charge in [0.25, 0.3) is 0 Å². The van der Waals surface area contributed by atoms with Crippen LogP contribution in [0.3, 0.4) is 0 Å². The standard InChI is InChI=1S/C19H29N3O2/c1-14(2)22-12-11-20-17(22)16-9-7-15(8-10-16)13-21(6)18(23)24-19(3,4)5/h7-10,14H,11-13H2,1-6H3. The maximum Gasteiger partial charge on any atom is 0.410 e. The lowest BCUT2D eigenvalue weighted by molar-refractivity contribution is 0.0285. The molecule has 1 aliphatic rings. The van der Waals surface area contributed by atoms with Crippen LogP contribution in [0.2, 0.25) is 0 Å². The lowest BCUT2D eigenvalue weighted by Crippen LogP contribution is -2.35. The Kier molecular flexibility index (Phi) is 5.52. The van der Waals surface area contributed by atoms with Crippen LogP contribution in [0.4, 0.5) is 4.79 Å². The first-order valence-corrected chi connectivity index (χ1v) is 8.52. The van der Waals surface area contributed by atoms with Gasteiger partial charge in [-0.3, -0.25) is 4.99 Å². The predicted octanol–water partition coefficient (Wildman–Crippen LogP) is 3.52. The van der Waals surface area contributed by atoms with Gasteiger partial charge in [0, 0.05) is 31.7 Å². The van der Waals surface area contributed by atoms with Crippen molar-refractivity contribution in [2.24, 2.45) is 4.99 Å². The second-order valence-electron chi connectivity index (χ2n) is 7.53. The van der Waals surface area contributed by atoms with Crippen LogP contribution < -0.4 is 0 Å². The van der Waals surface area contributed by atoms with Crippen LogP contribution in [0.25, 0.3) is 0 Å². The Bertz CT molecular complexity index is 600. The largest absolute Gasteiger partial charge is 0.444 e. The molecule has 1 aromatic rings. The summed E-state index contributed by atoms with van der Waals surface area (Å²) in [7, 11) is 1.75. The van der Waals surface area contributed by atoms with E-state index in [-0.39, 0.29) is 6.09 Å². The van der Waals surface area contributed by atoms with Crippen LogP contribution >= 0.6 is 0 Å². The van der Waals surface area contributed by atoms with Gasteiger partial charge in [0.15, 0.2) is 0 Å². The highest BCUT2D eigenvalue weighted by atomic mass is 16.6. The fourth-order valence-electron chi connectivity index (χ4n) is 2.66. The molecule has 0 radical (unpaired) electrons. The number of ether oxygens (including phenoxy) is 1. The minimum Gasteiger partial charge on any atom is -0.444 e. The van der Waals surface area contributed by atoms with E-state index in [1.54, 1.807) is 11.9 Å². The highest BCUT2D eigenvalue weighted by Gasteiger charge is 2.22. The van der Waals surface area contributed by atoms with Crippen molar-refractivity contribution in [1.29, 1.82) is 0 Å². The smallest absolute Gasteiger partial charge is 0.410 e. The molecule has 1 aromatic carbocycles. The summed E-state index contributed by atoms with van der Waals surface area (Å²) in [5, 5.41) is 0. The second kappa shape index (κ2) is 7.24. The van der Waals surface area contributed by atoms with Crippen molar-refractivity contribution >= 4 is 11.9 Å². The van der Waals surface area contributed by atoms with E-state index < -0.39 is 5.60 Å². The molecule has 0 fully saturated rings. The number of benzene rings is 1. The fourth-order valence-corrected chi connectivity index (χ4v) is 2.66. The first-order valence-electron chi connectivity index (χ1n) is 8.52. The zero-order valence-corrected chi connectivity index (χ0v) is 15.7. The Hall–Kier alpha value is -2.04. The number of carbonyl (C=O) groups is 1. The molecule has 5 nitrogen and oxygen atoms in total. The number of amides is 1. The van der Waals surface area contributed by atoms with E-state index in [0.717, 1.165) is 30.1 Å². The van der Waals surface area contributed by atoms with E-state index in [2.05, 4.69) is 48.0 Å². The van der Waals surface area contributed by atoms with E-state index in [4.69, 9.17) is 4.74 Å². The number of hydrogen-bond donors (Lipinski definition) is 0. The number of carbonyl (C=O) groups excluding carboxylic acids is 1. The SMILES string of the molecule is CC(C)N1CCN=C1c1ccc(CN(C)C(=O)OC(C)(C)C)cc1. The summed E-state index contributed by atoms with van der Waals surface area (Å²) in [6.07, 6.45) is -0.308. The highest BCUT2D eigenvalue weighted by molar-refractivity contribution is 6.00. The lowest BCUT2D eigenvalue weighted by atomic mass is 10.1. The number of aliphatic imine (C=N–C) groups is 1. The molecule has 0 spiro atoms. The summed E-state index contributed by atoms with van der Waals surface area (Å²) >= 11 is 0. The molecule has 132 valence electrons. The molecule has 5 heteroatoms. The Morgan fingerprint density at radius 1 is 1.29 bits per heavy atom. The van der Waals surface area contributed by atoms with Gasteiger partial charge >= 0.3 is 6.09 Å². The van der Waals surface area contributed by atoms with Crippen molar-refractivity contribution < 1.29 is 9.53 Å². The van der Waals surface area contributed by atoms with Crippen molar-refractivity contribution in [3.8, 4) is 0 Å². The molecule has 0 aliphatic carbocycles. The maximum absolute atomic E-state index is 12.0. The van der Waals surface area contributed by atoms with Gasteiger partial charge in [-0.05, 0) is 40.2 Å². The van der Waals surface area contributed by atoms with Gasteiger partial charge in [0.05, 0.1) is 6.54 Å². The zero-order valence-electron chi connectivity index (χ0n) is 15.7. The number of hydrogen-bond acceptors (Lipinski definition) is 4. The first-order chi connectivity index (χ1) is 11.2. The van der Waals surface area contributed by atoms with Gasteiger partial charge in [0.1, 0.15) is 11.4 Å². The Labute approximate surface area is 145 Å². The molecular weight excluding hydrogens is 302 g/mol. The topological polar surface area (TPSA) is 45.1 Å². The average Bonchev–Trinajstić information content (AvgIpc) is 2.96. The van der Waals surface area contributed by atoms with Gasteiger partial charge in [-0.15, -0.1) is 0 Å². The molecule has 2 rings (SSSR count). The maximum atomic E-state index is 12.0. The van der Waals surface area contributed by atoms with Crippen LogP contribution in [0.5, 0.6) is 0 Å². The lowest BCUT2D eigenvalue weighted by Gasteiger charge is -2.25. The molecule has 0 N–H and O–H groups in total. The van der Waals surface area contributed by atoms with Crippen molar-refractivity contribution in [3.05, 3.63) is 35.4 Å². The number of amidine groups is 1. The monoisotopic (exact) mass is 331 g/mol. The Morgan fingerprint density at radius 2 is 1.92 bits per heavy atom. The van der Waals surface area contributed by atoms with E-state index >= 15 is 0 Å². The molecule has 0 aromatic heterocycles. The summed E-state index contributed by atoms with van der Waals surface area (Å²) in [6.45, 7) is 12.3. The Balaban J connectivity index is 2.01. The second-order valence-corrected chi connectivity index (χ2v) is 7.53. The summed E-state index contributed by atoms with van der Waals surface area (Å²) in [6, 6.07) is 8.71. The molecule has 0 unspecified atom stereocenters. The molecule has 0 bridgehead atoms. The summed E-state index contributed by atoms with van der Waals surface area (Å²) < 4.78 is 5.38. The zero-order chi connectivity index (χ0) is 17.9. The molecule has 24 heavy (non-hydrogen) atoms. The van der Waals surface area contributed by atoms with Crippen molar-refractivity contribution in [2.45, 2.75) is 52.8 Å². The van der Waals surface area contributed by atoms with Gasteiger partial charge in [-0.25, -0.2) is 4.79 Å². The Morgan fingerprint density at radius 3 is 2.46 bits per heavy atom. The van der Waals surface area contributed by atoms with Crippen molar-refractivity contribution in [3.63, 3.8) is 0 Å². The quantitative estimate of drug-likeness (QED) is 0.848. The first kappa shape index (κ1) is 18.3. The molecule has 1 amide bonds. The van der Waals surface area contributed by atoms with Gasteiger partial charge in [0.2, 0.25) is 0 Å². The number of nitrogens with zero attached hydrogens (tertiary/aromatic N) is 3. The van der Waals surface area contributed by atoms with E-state index in [9.17, 15) is 4.79 Å². The average molecular weight is 331 g/mol. The summed E-state index contributed by atoms with van der Waals surface area (Å²) in [4.78, 5) is 20.6. The van der Waals surface area contributed by atoms with Gasteiger partial charge < -0.3 is 14.5 Å². The third kappa shape index (κ3) is 4.73. The third-order valence-corrected chi connectivity index (χ3v) is 3.83. The molecule has 0 saturated heterocycles. The van der Waals surface area contributed by atoms with Crippen molar-refractivity contribution in [2.75, 3.05) is 20.1 Å². The predicted molar refractivity (Wildman–Crippen MR) is 97.4 cm³/mol. The van der Waals surface area contributed by atoms with Crippen molar-refractivity contribution in [1.82, 2.24) is 9.80 Å². The normalized spacial score (nSPS) is 14.8. The van der Waals surface area contributed by atoms with Crippen LogP contribution in [0, 0.1) is 0 Å². The van der Waals surface area contributed by atoms with E-state index in [1.165, 1.54) is 0 Å². The van der Waals surface area contributed by atoms with Crippen LogP contribution in [0.1, 0.15) is 45.7 Å². The van der Waals surface area contributed by atoms with Gasteiger partial charge in [-0.2, -0.15) is 0 Å². The van der Waals surface area contributed by atoms with E-state index in [1.807, 2.05) is 20.8 Å². The summed E-state index contributed by atoms with van der Waals surface area (Å²) in [5.41, 5.74) is 1.72. The van der Waals surface area contributed by atoms with E-state index in [0.29, 0.717) is 12.6 Å². The summed E-state index contributed by atoms with van der Waals surface area (Å²) in [5.74, 6) is 1.07. The van der Waals surface area contributed by atoms with Crippen LogP contribution in [-0.2, 0) is 11.3 Å². The molecule has 1 aliphatic heterocycles.